The Labute approximate surface area is 119 Å². The Morgan fingerprint density at radius 2 is 2.42 bits per heavy atom. The Hall–Kier alpha value is -1.12. The van der Waals surface area contributed by atoms with Crippen LogP contribution in [0.4, 0.5) is 0 Å². The quantitative estimate of drug-likeness (QED) is 0.857. The molecule has 0 bridgehead atoms. The topological polar surface area (TPSA) is 61.6 Å². The van der Waals surface area contributed by atoms with Gasteiger partial charge in [-0.05, 0) is 45.6 Å². The third-order valence-corrected chi connectivity index (χ3v) is 4.55. The molecule has 0 aliphatic heterocycles. The fourth-order valence-electron chi connectivity index (χ4n) is 2.66. The first-order valence-corrected chi connectivity index (χ1v) is 7.63. The summed E-state index contributed by atoms with van der Waals surface area (Å²) in [5.41, 5.74) is -0.364. The van der Waals surface area contributed by atoms with Crippen molar-refractivity contribution in [3.63, 3.8) is 0 Å². The number of rotatable bonds is 4. The van der Waals surface area contributed by atoms with E-state index in [1.165, 1.54) is 0 Å². The van der Waals surface area contributed by atoms with Gasteiger partial charge >= 0.3 is 0 Å². The van der Waals surface area contributed by atoms with Crippen LogP contribution in [0.25, 0.3) is 0 Å². The molecule has 1 heterocycles. The normalized spacial score (nSPS) is 27.2. The molecule has 0 aromatic carbocycles. The second-order valence-electron chi connectivity index (χ2n) is 5.38. The first-order chi connectivity index (χ1) is 9.13. The third kappa shape index (κ3) is 3.92. The van der Waals surface area contributed by atoms with Crippen molar-refractivity contribution in [2.75, 3.05) is 0 Å². The first-order valence-electron chi connectivity index (χ1n) is 6.75. The summed E-state index contributed by atoms with van der Waals surface area (Å²) in [5, 5.41) is 14.4. The number of nitrogens with one attached hydrogen (secondary N) is 1. The number of aromatic nitrogens is 2. The molecule has 5 heteroatoms. The monoisotopic (exact) mass is 276 g/mol. The molecule has 1 aliphatic rings. The van der Waals surface area contributed by atoms with Crippen LogP contribution in [0.1, 0.15) is 39.5 Å². The zero-order valence-corrected chi connectivity index (χ0v) is 12.3. The smallest absolute Gasteiger partial charge is 0.116 e. The van der Waals surface area contributed by atoms with Crippen molar-refractivity contribution < 1.29 is 0 Å². The molecule has 1 fully saturated rings. The summed E-state index contributed by atoms with van der Waals surface area (Å²) in [6, 6.07) is 4.78. The van der Waals surface area contributed by atoms with Crippen LogP contribution in [0.2, 0.25) is 0 Å². The van der Waals surface area contributed by atoms with E-state index in [1.54, 1.807) is 24.3 Å². The van der Waals surface area contributed by atoms with Gasteiger partial charge in [-0.3, -0.25) is 5.32 Å². The highest BCUT2D eigenvalue weighted by Gasteiger charge is 2.37. The van der Waals surface area contributed by atoms with Crippen LogP contribution in [0.15, 0.2) is 23.6 Å². The molecule has 1 aliphatic carbocycles. The Balaban J connectivity index is 2.02. The van der Waals surface area contributed by atoms with E-state index in [2.05, 4.69) is 35.2 Å². The van der Waals surface area contributed by atoms with Gasteiger partial charge in [0.15, 0.2) is 0 Å². The molecular formula is C14H20N4S. The van der Waals surface area contributed by atoms with Crippen LogP contribution in [-0.4, -0.2) is 26.8 Å². The maximum absolute atomic E-state index is 9.53. The molecule has 0 saturated heterocycles. The molecule has 4 nitrogen and oxygen atoms in total. The number of nitrogens with zero attached hydrogens (tertiary/aromatic N) is 3. The molecule has 1 aromatic rings. The van der Waals surface area contributed by atoms with Crippen LogP contribution >= 0.6 is 11.8 Å². The zero-order valence-electron chi connectivity index (χ0n) is 11.5. The molecule has 0 radical (unpaired) electrons. The largest absolute Gasteiger partial charge is 0.297 e. The highest BCUT2D eigenvalue weighted by atomic mass is 32.2. The molecular weight excluding hydrogens is 256 g/mol. The predicted octanol–water partition coefficient (Wildman–Crippen LogP) is 2.77. The van der Waals surface area contributed by atoms with Gasteiger partial charge in [-0.15, -0.1) is 11.8 Å². The lowest BCUT2D eigenvalue weighted by Gasteiger charge is -2.37. The van der Waals surface area contributed by atoms with Gasteiger partial charge in [0.05, 0.1) is 11.1 Å². The number of hydrogen-bond donors (Lipinski definition) is 1. The molecule has 1 aromatic heterocycles. The van der Waals surface area contributed by atoms with Gasteiger partial charge in [-0.2, -0.15) is 5.26 Å². The third-order valence-electron chi connectivity index (χ3n) is 3.33. The maximum atomic E-state index is 9.53. The molecule has 2 atom stereocenters. The van der Waals surface area contributed by atoms with Crippen molar-refractivity contribution in [1.82, 2.24) is 15.3 Å². The summed E-state index contributed by atoms with van der Waals surface area (Å²) < 4.78 is 0. The number of nitriles is 1. The summed E-state index contributed by atoms with van der Waals surface area (Å²) in [4.78, 5) is 8.19. The van der Waals surface area contributed by atoms with Gasteiger partial charge in [0.25, 0.3) is 0 Å². The lowest BCUT2D eigenvalue weighted by Crippen LogP contribution is -2.51. The molecule has 2 unspecified atom stereocenters. The minimum absolute atomic E-state index is 0.336. The van der Waals surface area contributed by atoms with Crippen LogP contribution in [-0.2, 0) is 0 Å². The molecule has 1 N–H and O–H groups in total. The Morgan fingerprint density at radius 3 is 3.05 bits per heavy atom. The molecule has 0 spiro atoms. The highest BCUT2D eigenvalue weighted by molar-refractivity contribution is 7.99. The maximum Gasteiger partial charge on any atom is 0.116 e. The van der Waals surface area contributed by atoms with E-state index in [-0.39, 0.29) is 5.54 Å². The summed E-state index contributed by atoms with van der Waals surface area (Å²) in [6.07, 6.45) is 7.42. The van der Waals surface area contributed by atoms with Crippen molar-refractivity contribution in [3.8, 4) is 6.07 Å². The summed E-state index contributed by atoms with van der Waals surface area (Å²) in [6.45, 7) is 4.19. The minimum Gasteiger partial charge on any atom is -0.297 e. The second kappa shape index (κ2) is 6.36. The highest BCUT2D eigenvalue weighted by Crippen LogP contribution is 2.37. The van der Waals surface area contributed by atoms with Gasteiger partial charge in [0.1, 0.15) is 11.9 Å². The number of thioether (sulfide) groups is 1. The Morgan fingerprint density at radius 1 is 1.58 bits per heavy atom. The van der Waals surface area contributed by atoms with E-state index in [0.29, 0.717) is 11.3 Å². The van der Waals surface area contributed by atoms with Gasteiger partial charge in [-0.1, -0.05) is 0 Å². The first kappa shape index (κ1) is 14.3. The van der Waals surface area contributed by atoms with Crippen molar-refractivity contribution in [2.45, 2.75) is 61.4 Å². The van der Waals surface area contributed by atoms with Crippen molar-refractivity contribution in [3.05, 3.63) is 18.6 Å². The van der Waals surface area contributed by atoms with E-state index in [1.807, 2.05) is 6.07 Å². The van der Waals surface area contributed by atoms with Crippen molar-refractivity contribution >= 4 is 11.8 Å². The van der Waals surface area contributed by atoms with Crippen LogP contribution < -0.4 is 5.32 Å². The fourth-order valence-corrected chi connectivity index (χ4v) is 3.90. The summed E-state index contributed by atoms with van der Waals surface area (Å²) in [7, 11) is 0. The van der Waals surface area contributed by atoms with Gasteiger partial charge in [0.2, 0.25) is 0 Å². The van der Waals surface area contributed by atoms with Crippen LogP contribution in [0.3, 0.4) is 0 Å². The Kier molecular flexibility index (Phi) is 4.78. The molecule has 19 heavy (non-hydrogen) atoms. The molecule has 102 valence electrons. The van der Waals surface area contributed by atoms with Crippen molar-refractivity contribution in [1.29, 1.82) is 5.26 Å². The van der Waals surface area contributed by atoms with E-state index >= 15 is 0 Å². The molecule has 0 amide bonds. The standard InChI is InChI=1S/C14H20N4S/c1-11(2)18-14(9-15)6-3-4-12(8-14)19-13-5-7-16-10-17-13/h5,7,10-12,18H,3-4,6,8H2,1-2H3. The van der Waals surface area contributed by atoms with Crippen LogP contribution in [0.5, 0.6) is 0 Å². The van der Waals surface area contributed by atoms with Gasteiger partial charge < -0.3 is 0 Å². The SMILES string of the molecule is CC(C)NC1(C#N)CCCC(Sc2ccncn2)C1. The van der Waals surface area contributed by atoms with Crippen LogP contribution in [0, 0.1) is 11.3 Å². The van der Waals surface area contributed by atoms with Gasteiger partial charge in [-0.25, -0.2) is 9.97 Å². The average Bonchev–Trinajstić information content (AvgIpc) is 2.39. The van der Waals surface area contributed by atoms with E-state index < -0.39 is 0 Å². The second-order valence-corrected chi connectivity index (χ2v) is 6.70. The van der Waals surface area contributed by atoms with Crippen molar-refractivity contribution in [2.24, 2.45) is 0 Å². The lowest BCUT2D eigenvalue weighted by atomic mass is 9.82. The lowest BCUT2D eigenvalue weighted by molar-refractivity contribution is 0.284. The summed E-state index contributed by atoms with van der Waals surface area (Å²) >= 11 is 1.77. The molecule has 2 rings (SSSR count). The molecule has 1 saturated carbocycles. The number of hydrogen-bond acceptors (Lipinski definition) is 5. The van der Waals surface area contributed by atoms with E-state index in [4.69, 9.17) is 0 Å². The average molecular weight is 276 g/mol. The predicted molar refractivity (Wildman–Crippen MR) is 76.8 cm³/mol. The van der Waals surface area contributed by atoms with E-state index in [0.717, 1.165) is 30.7 Å². The van der Waals surface area contributed by atoms with Gasteiger partial charge in [0, 0.05) is 17.5 Å². The summed E-state index contributed by atoms with van der Waals surface area (Å²) in [5.74, 6) is 0. The zero-order chi connectivity index (χ0) is 13.7. The van der Waals surface area contributed by atoms with E-state index in [9.17, 15) is 5.26 Å². The fraction of sp³-hybridized carbons (Fsp3) is 0.643. The Bertz CT molecular complexity index is 443. The minimum atomic E-state index is -0.364.